The average Bonchev–Trinajstić information content (AvgIpc) is 2.84. The molecule has 0 bridgehead atoms. The lowest BCUT2D eigenvalue weighted by molar-refractivity contribution is -0.120. The van der Waals surface area contributed by atoms with Crippen molar-refractivity contribution in [2.24, 2.45) is 5.10 Å². The predicted octanol–water partition coefficient (Wildman–Crippen LogP) is 3.49. The number of ether oxygens (including phenoxy) is 2. The van der Waals surface area contributed by atoms with E-state index in [9.17, 15) is 14.4 Å². The molecule has 2 N–H and O–H groups in total. The highest BCUT2D eigenvalue weighted by atomic mass is 16.5. The molecule has 0 aromatic heterocycles. The van der Waals surface area contributed by atoms with Crippen LogP contribution in [-0.2, 0) is 4.79 Å². The Morgan fingerprint density at radius 2 is 1.47 bits per heavy atom. The summed E-state index contributed by atoms with van der Waals surface area (Å²) in [5.74, 6) is -0.231. The van der Waals surface area contributed by atoms with Crippen LogP contribution in [0.5, 0.6) is 11.5 Å². The van der Waals surface area contributed by atoms with Gasteiger partial charge in [0.1, 0.15) is 11.5 Å². The number of amides is 2. The normalized spacial score (nSPS) is 10.5. The Hall–Kier alpha value is -4.46. The zero-order valence-corrected chi connectivity index (χ0v) is 18.9. The molecule has 0 fully saturated rings. The molecule has 3 aromatic carbocycles. The fourth-order valence-electron chi connectivity index (χ4n) is 2.83. The maximum atomic E-state index is 12.2. The van der Waals surface area contributed by atoms with Crippen LogP contribution in [0.25, 0.3) is 0 Å². The van der Waals surface area contributed by atoms with Gasteiger partial charge >= 0.3 is 5.97 Å². The van der Waals surface area contributed by atoms with Crippen molar-refractivity contribution in [3.63, 3.8) is 0 Å². The monoisotopic (exact) mass is 459 g/mol. The zero-order chi connectivity index (χ0) is 24.3. The van der Waals surface area contributed by atoms with Gasteiger partial charge in [-0.2, -0.15) is 5.10 Å². The van der Waals surface area contributed by atoms with E-state index in [1.807, 2.05) is 26.0 Å². The average molecular weight is 460 g/mol. The topological polar surface area (TPSA) is 106 Å². The number of nitrogens with zero attached hydrogens (tertiary/aromatic N) is 1. The molecule has 0 saturated carbocycles. The number of carbonyl (C=O) groups is 3. The van der Waals surface area contributed by atoms with Crippen LogP contribution in [0.1, 0.15) is 38.8 Å². The Morgan fingerprint density at radius 1 is 0.853 bits per heavy atom. The second-order valence-electron chi connectivity index (χ2n) is 7.26. The van der Waals surface area contributed by atoms with Gasteiger partial charge in [-0.1, -0.05) is 17.7 Å². The van der Waals surface area contributed by atoms with Crippen molar-refractivity contribution in [1.29, 1.82) is 0 Å². The Bertz CT molecular complexity index is 1150. The molecule has 0 heterocycles. The van der Waals surface area contributed by atoms with Gasteiger partial charge in [0, 0.05) is 5.56 Å². The summed E-state index contributed by atoms with van der Waals surface area (Å²) in [6.07, 6.45) is 1.44. The van der Waals surface area contributed by atoms with Crippen molar-refractivity contribution in [2.45, 2.75) is 13.8 Å². The fraction of sp³-hybridized carbons (Fsp3) is 0.154. The minimum atomic E-state index is -0.473. The molecular formula is C26H25N3O5. The Morgan fingerprint density at radius 3 is 2.12 bits per heavy atom. The maximum absolute atomic E-state index is 12.2. The Balaban J connectivity index is 1.42. The smallest absolute Gasteiger partial charge is 0.343 e. The molecule has 174 valence electrons. The first-order valence-corrected chi connectivity index (χ1v) is 10.7. The number of rotatable bonds is 9. The summed E-state index contributed by atoms with van der Waals surface area (Å²) in [5.41, 5.74) is 4.98. The van der Waals surface area contributed by atoms with Crippen molar-refractivity contribution in [2.75, 3.05) is 13.2 Å². The standard InChI is InChI=1S/C26H25N3O5/c1-3-33-22-14-10-20(11-15-22)25(31)27-17-24(30)29-28-16-19-6-12-23(13-7-19)34-26(32)21-8-4-18(2)5-9-21/h4-16H,3,17H2,1-2H3,(H,27,31)(H,29,30)/b28-16+. The molecular weight excluding hydrogens is 434 g/mol. The van der Waals surface area contributed by atoms with Crippen LogP contribution in [0.15, 0.2) is 77.9 Å². The number of esters is 1. The minimum Gasteiger partial charge on any atom is -0.494 e. The molecule has 34 heavy (non-hydrogen) atoms. The first-order valence-electron chi connectivity index (χ1n) is 10.7. The van der Waals surface area contributed by atoms with Crippen LogP contribution in [0.4, 0.5) is 0 Å². The van der Waals surface area contributed by atoms with Gasteiger partial charge in [0.25, 0.3) is 11.8 Å². The maximum Gasteiger partial charge on any atom is 0.343 e. The van der Waals surface area contributed by atoms with E-state index >= 15 is 0 Å². The van der Waals surface area contributed by atoms with Gasteiger partial charge < -0.3 is 14.8 Å². The molecule has 0 saturated heterocycles. The van der Waals surface area contributed by atoms with Gasteiger partial charge in [0.05, 0.1) is 24.9 Å². The number of nitrogens with one attached hydrogen (secondary N) is 2. The van der Waals surface area contributed by atoms with Crippen LogP contribution in [0.2, 0.25) is 0 Å². The number of hydrazone groups is 1. The summed E-state index contributed by atoms with van der Waals surface area (Å²) in [5, 5.41) is 6.40. The lowest BCUT2D eigenvalue weighted by Gasteiger charge is -2.06. The summed E-state index contributed by atoms with van der Waals surface area (Å²) in [7, 11) is 0. The number of carbonyl (C=O) groups excluding carboxylic acids is 3. The van der Waals surface area contributed by atoms with Crippen LogP contribution in [0, 0.1) is 6.92 Å². The lowest BCUT2D eigenvalue weighted by atomic mass is 10.1. The quantitative estimate of drug-likeness (QED) is 0.221. The van der Waals surface area contributed by atoms with E-state index in [2.05, 4.69) is 15.8 Å². The first kappa shape index (κ1) is 24.2. The van der Waals surface area contributed by atoms with Crippen LogP contribution < -0.4 is 20.2 Å². The molecule has 8 nitrogen and oxygen atoms in total. The summed E-state index contributed by atoms with van der Waals surface area (Å²) in [6, 6.07) is 20.4. The third-order valence-corrected chi connectivity index (χ3v) is 4.62. The van der Waals surface area contributed by atoms with Crippen molar-refractivity contribution in [3.05, 3.63) is 95.1 Å². The van der Waals surface area contributed by atoms with E-state index in [0.29, 0.717) is 34.8 Å². The number of aryl methyl sites for hydroxylation is 1. The number of hydrogen-bond acceptors (Lipinski definition) is 6. The van der Waals surface area contributed by atoms with E-state index in [-0.39, 0.29) is 12.5 Å². The van der Waals surface area contributed by atoms with Gasteiger partial charge in [-0.15, -0.1) is 0 Å². The number of hydrogen-bond donors (Lipinski definition) is 2. The molecule has 0 aliphatic rings. The van der Waals surface area contributed by atoms with Gasteiger partial charge in [-0.05, 0) is 80.1 Å². The van der Waals surface area contributed by atoms with E-state index in [0.717, 1.165) is 5.56 Å². The van der Waals surface area contributed by atoms with Gasteiger partial charge in [0.2, 0.25) is 0 Å². The van der Waals surface area contributed by atoms with Gasteiger partial charge in [0.15, 0.2) is 0 Å². The molecule has 0 aliphatic heterocycles. The molecule has 0 radical (unpaired) electrons. The highest BCUT2D eigenvalue weighted by Crippen LogP contribution is 2.14. The lowest BCUT2D eigenvalue weighted by Crippen LogP contribution is -2.34. The highest BCUT2D eigenvalue weighted by molar-refractivity contribution is 5.96. The summed E-state index contributed by atoms with van der Waals surface area (Å²) in [6.45, 7) is 4.13. The van der Waals surface area contributed by atoms with E-state index in [1.165, 1.54) is 6.21 Å². The third kappa shape index (κ3) is 7.30. The third-order valence-electron chi connectivity index (χ3n) is 4.62. The largest absolute Gasteiger partial charge is 0.494 e. The second kappa shape index (κ2) is 12.0. The van der Waals surface area contributed by atoms with Gasteiger partial charge in [-0.3, -0.25) is 9.59 Å². The summed E-state index contributed by atoms with van der Waals surface area (Å²) < 4.78 is 10.7. The van der Waals surface area contributed by atoms with E-state index in [1.54, 1.807) is 60.7 Å². The zero-order valence-electron chi connectivity index (χ0n) is 18.9. The van der Waals surface area contributed by atoms with Crippen molar-refractivity contribution >= 4 is 24.0 Å². The first-order chi connectivity index (χ1) is 16.4. The SMILES string of the molecule is CCOc1ccc(C(=O)NCC(=O)N/N=C/c2ccc(OC(=O)c3ccc(C)cc3)cc2)cc1. The van der Waals surface area contributed by atoms with Crippen LogP contribution in [-0.4, -0.2) is 37.1 Å². The Labute approximate surface area is 197 Å². The van der Waals surface area contributed by atoms with Gasteiger partial charge in [-0.25, -0.2) is 10.2 Å². The van der Waals surface area contributed by atoms with Crippen molar-refractivity contribution in [3.8, 4) is 11.5 Å². The summed E-state index contributed by atoms with van der Waals surface area (Å²) >= 11 is 0. The molecule has 2 amide bonds. The van der Waals surface area contributed by atoms with Crippen molar-refractivity contribution < 1.29 is 23.9 Å². The van der Waals surface area contributed by atoms with Crippen LogP contribution >= 0.6 is 0 Å². The van der Waals surface area contributed by atoms with Crippen LogP contribution in [0.3, 0.4) is 0 Å². The van der Waals surface area contributed by atoms with E-state index < -0.39 is 11.9 Å². The molecule has 3 rings (SSSR count). The molecule has 0 atom stereocenters. The molecule has 0 spiro atoms. The fourth-order valence-corrected chi connectivity index (χ4v) is 2.83. The molecule has 8 heteroatoms. The number of benzene rings is 3. The minimum absolute atomic E-state index is 0.225. The highest BCUT2D eigenvalue weighted by Gasteiger charge is 2.09. The second-order valence-corrected chi connectivity index (χ2v) is 7.26. The summed E-state index contributed by atoms with van der Waals surface area (Å²) in [4.78, 5) is 36.2. The van der Waals surface area contributed by atoms with E-state index in [4.69, 9.17) is 9.47 Å². The molecule has 3 aromatic rings. The molecule has 0 aliphatic carbocycles. The Kier molecular flexibility index (Phi) is 8.51. The van der Waals surface area contributed by atoms with Crippen molar-refractivity contribution in [1.82, 2.24) is 10.7 Å². The molecule has 0 unspecified atom stereocenters. The predicted molar refractivity (Wildman–Crippen MR) is 128 cm³/mol.